The molecule has 0 heterocycles. The van der Waals surface area contributed by atoms with E-state index in [1.807, 2.05) is 44.2 Å². The fraction of sp³-hybridized carbons (Fsp3) is 0.652. The summed E-state index contributed by atoms with van der Waals surface area (Å²) in [5, 5.41) is 5.87. The van der Waals surface area contributed by atoms with Crippen LogP contribution in [-0.2, 0) is 9.59 Å². The van der Waals surface area contributed by atoms with Gasteiger partial charge in [0.15, 0.2) is 0 Å². The highest BCUT2D eigenvalue weighted by Crippen LogP contribution is 2.08. The van der Waals surface area contributed by atoms with E-state index in [1.165, 1.54) is 32.1 Å². The second-order valence-corrected chi connectivity index (χ2v) is 7.75. The first kappa shape index (κ1) is 24.2. The molecule has 0 saturated heterocycles. The summed E-state index contributed by atoms with van der Waals surface area (Å²) in [6, 6.07) is 9.70. The van der Waals surface area contributed by atoms with E-state index in [9.17, 15) is 9.59 Å². The highest BCUT2D eigenvalue weighted by Gasteiger charge is 2.11. The first-order valence-corrected chi connectivity index (χ1v) is 10.9. The van der Waals surface area contributed by atoms with Crippen molar-refractivity contribution in [3.8, 4) is 0 Å². The zero-order valence-corrected chi connectivity index (χ0v) is 18.0. The summed E-state index contributed by atoms with van der Waals surface area (Å²) in [5.74, 6) is 0.0995. The van der Waals surface area contributed by atoms with Crippen molar-refractivity contribution >= 4 is 17.5 Å². The second kappa shape index (κ2) is 15.1. The van der Waals surface area contributed by atoms with Crippen molar-refractivity contribution < 1.29 is 9.59 Å². The largest absolute Gasteiger partial charge is 0.354 e. The fourth-order valence-electron chi connectivity index (χ4n) is 3.11. The average Bonchev–Trinajstić information content (AvgIpc) is 2.66. The third-order valence-corrected chi connectivity index (χ3v) is 4.65. The van der Waals surface area contributed by atoms with E-state index in [0.717, 1.165) is 18.7 Å². The Hall–Kier alpha value is -1.88. The SMILES string of the molecule is CCCCCCCCN(CCC(=O)Nc1ccccc1)CCC(=O)NC(C)C. The minimum atomic E-state index is 0.0192. The highest BCUT2D eigenvalue weighted by molar-refractivity contribution is 5.90. The van der Waals surface area contributed by atoms with Gasteiger partial charge in [0.1, 0.15) is 0 Å². The molecular weight excluding hydrogens is 350 g/mol. The molecule has 0 aliphatic rings. The van der Waals surface area contributed by atoms with Crippen LogP contribution < -0.4 is 10.6 Å². The fourth-order valence-corrected chi connectivity index (χ4v) is 3.11. The van der Waals surface area contributed by atoms with E-state index >= 15 is 0 Å². The van der Waals surface area contributed by atoms with E-state index in [4.69, 9.17) is 0 Å². The van der Waals surface area contributed by atoms with Crippen molar-refractivity contribution in [3.63, 3.8) is 0 Å². The van der Waals surface area contributed by atoms with Crippen LogP contribution in [0.1, 0.15) is 72.1 Å². The molecule has 0 atom stereocenters. The van der Waals surface area contributed by atoms with Crippen LogP contribution in [-0.4, -0.2) is 42.4 Å². The van der Waals surface area contributed by atoms with Crippen LogP contribution >= 0.6 is 0 Å². The van der Waals surface area contributed by atoms with Gasteiger partial charge in [0.2, 0.25) is 11.8 Å². The molecule has 5 nitrogen and oxygen atoms in total. The van der Waals surface area contributed by atoms with Gasteiger partial charge in [-0.3, -0.25) is 9.59 Å². The first-order chi connectivity index (χ1) is 13.5. The molecule has 158 valence electrons. The molecule has 5 heteroatoms. The Morgan fingerprint density at radius 2 is 1.46 bits per heavy atom. The molecule has 0 bridgehead atoms. The quantitative estimate of drug-likeness (QED) is 0.431. The molecule has 0 aromatic heterocycles. The minimum absolute atomic E-state index is 0.0192. The summed E-state index contributed by atoms with van der Waals surface area (Å²) in [6.45, 7) is 8.50. The molecule has 0 spiro atoms. The lowest BCUT2D eigenvalue weighted by Gasteiger charge is -2.22. The normalized spacial score (nSPS) is 11.0. The van der Waals surface area contributed by atoms with Crippen LogP contribution in [0, 0.1) is 0 Å². The molecule has 1 rings (SSSR count). The van der Waals surface area contributed by atoms with Crippen LogP contribution in [0.5, 0.6) is 0 Å². The summed E-state index contributed by atoms with van der Waals surface area (Å²) in [4.78, 5) is 26.5. The highest BCUT2D eigenvalue weighted by atomic mass is 16.2. The third kappa shape index (κ3) is 12.5. The Morgan fingerprint density at radius 1 is 0.857 bits per heavy atom. The number of hydrogen-bond donors (Lipinski definition) is 2. The second-order valence-electron chi connectivity index (χ2n) is 7.75. The van der Waals surface area contributed by atoms with E-state index in [0.29, 0.717) is 25.9 Å². The summed E-state index contributed by atoms with van der Waals surface area (Å²) in [5.41, 5.74) is 0.825. The van der Waals surface area contributed by atoms with Crippen LogP contribution in [0.3, 0.4) is 0 Å². The molecule has 0 unspecified atom stereocenters. The van der Waals surface area contributed by atoms with Gasteiger partial charge in [0.25, 0.3) is 0 Å². The van der Waals surface area contributed by atoms with Crippen molar-refractivity contribution in [2.75, 3.05) is 25.0 Å². The molecule has 1 aromatic carbocycles. The topological polar surface area (TPSA) is 61.4 Å². The number of hydrogen-bond acceptors (Lipinski definition) is 3. The summed E-state index contributed by atoms with van der Waals surface area (Å²) >= 11 is 0. The molecule has 2 amide bonds. The lowest BCUT2D eigenvalue weighted by atomic mass is 10.1. The van der Waals surface area contributed by atoms with Crippen molar-refractivity contribution in [2.24, 2.45) is 0 Å². The number of anilines is 1. The molecule has 0 radical (unpaired) electrons. The standard InChI is InChI=1S/C23H39N3O2/c1-4-5-6-7-8-12-17-26(18-15-22(27)24-20(2)3)19-16-23(28)25-21-13-10-9-11-14-21/h9-11,13-14,20H,4-8,12,15-19H2,1-3H3,(H,24,27)(H,25,28). The number of carbonyl (C=O) groups is 2. The van der Waals surface area contributed by atoms with Crippen LogP contribution in [0.4, 0.5) is 5.69 Å². The van der Waals surface area contributed by atoms with E-state index in [2.05, 4.69) is 22.5 Å². The number of rotatable bonds is 15. The van der Waals surface area contributed by atoms with Gasteiger partial charge in [0.05, 0.1) is 0 Å². The maximum absolute atomic E-state index is 12.2. The van der Waals surface area contributed by atoms with Crippen LogP contribution in [0.2, 0.25) is 0 Å². The molecule has 2 N–H and O–H groups in total. The predicted octanol–water partition coefficient (Wildman–Crippen LogP) is 4.59. The van der Waals surface area contributed by atoms with Gasteiger partial charge in [-0.1, -0.05) is 57.2 Å². The van der Waals surface area contributed by atoms with Gasteiger partial charge in [-0.2, -0.15) is 0 Å². The van der Waals surface area contributed by atoms with Crippen molar-refractivity contribution in [1.82, 2.24) is 10.2 Å². The molecule has 0 fully saturated rings. The Kier molecular flexibility index (Phi) is 13.0. The number of amides is 2. The van der Waals surface area contributed by atoms with E-state index in [1.54, 1.807) is 0 Å². The zero-order valence-electron chi connectivity index (χ0n) is 18.0. The number of carbonyl (C=O) groups excluding carboxylic acids is 2. The van der Waals surface area contributed by atoms with Gasteiger partial charge >= 0.3 is 0 Å². The molecule has 1 aromatic rings. The number of para-hydroxylation sites is 1. The number of nitrogens with one attached hydrogen (secondary N) is 2. The minimum Gasteiger partial charge on any atom is -0.354 e. The van der Waals surface area contributed by atoms with Crippen LogP contribution in [0.15, 0.2) is 30.3 Å². The predicted molar refractivity (Wildman–Crippen MR) is 117 cm³/mol. The Bertz CT molecular complexity index is 546. The van der Waals surface area contributed by atoms with E-state index in [-0.39, 0.29) is 17.9 Å². The van der Waals surface area contributed by atoms with Gasteiger partial charge < -0.3 is 15.5 Å². The molecule has 0 saturated carbocycles. The number of unbranched alkanes of at least 4 members (excludes halogenated alkanes) is 5. The molecular formula is C23H39N3O2. The third-order valence-electron chi connectivity index (χ3n) is 4.65. The van der Waals surface area contributed by atoms with Gasteiger partial charge in [-0.05, 0) is 38.9 Å². The Balaban J connectivity index is 2.39. The van der Waals surface area contributed by atoms with Crippen molar-refractivity contribution in [1.29, 1.82) is 0 Å². The molecule has 0 aliphatic carbocycles. The summed E-state index contributed by atoms with van der Waals surface area (Å²) in [6.07, 6.45) is 8.38. The Morgan fingerprint density at radius 3 is 2.11 bits per heavy atom. The lowest BCUT2D eigenvalue weighted by Crippen LogP contribution is -2.35. The van der Waals surface area contributed by atoms with Crippen molar-refractivity contribution in [2.45, 2.75) is 78.2 Å². The monoisotopic (exact) mass is 389 g/mol. The summed E-state index contributed by atoms with van der Waals surface area (Å²) < 4.78 is 0. The number of benzene rings is 1. The van der Waals surface area contributed by atoms with Crippen molar-refractivity contribution in [3.05, 3.63) is 30.3 Å². The zero-order chi connectivity index (χ0) is 20.6. The maximum atomic E-state index is 12.2. The smallest absolute Gasteiger partial charge is 0.225 e. The first-order valence-electron chi connectivity index (χ1n) is 10.9. The average molecular weight is 390 g/mol. The van der Waals surface area contributed by atoms with E-state index < -0.39 is 0 Å². The molecule has 0 aliphatic heterocycles. The maximum Gasteiger partial charge on any atom is 0.225 e. The lowest BCUT2D eigenvalue weighted by molar-refractivity contribution is -0.121. The Labute approximate surface area is 171 Å². The summed E-state index contributed by atoms with van der Waals surface area (Å²) in [7, 11) is 0. The van der Waals surface area contributed by atoms with Gasteiger partial charge in [0, 0.05) is 37.7 Å². The van der Waals surface area contributed by atoms with Crippen LogP contribution in [0.25, 0.3) is 0 Å². The van der Waals surface area contributed by atoms with Gasteiger partial charge in [-0.25, -0.2) is 0 Å². The number of nitrogens with zero attached hydrogens (tertiary/aromatic N) is 1. The molecule has 28 heavy (non-hydrogen) atoms. The van der Waals surface area contributed by atoms with Gasteiger partial charge in [-0.15, -0.1) is 0 Å².